The van der Waals surface area contributed by atoms with Crippen LogP contribution in [-0.4, -0.2) is 49.8 Å². The molecule has 1 atom stereocenters. The first-order chi connectivity index (χ1) is 14.5. The SMILES string of the molecule is CC(OC(=O)c1cccc(S(=O)(=O)N(C)C(C)C)c1)C(=O)NC(=O)Nc1ccccc1. The molecule has 0 aromatic heterocycles. The van der Waals surface area contributed by atoms with Crippen LogP contribution in [-0.2, 0) is 19.6 Å². The van der Waals surface area contributed by atoms with Crippen LogP contribution in [0.5, 0.6) is 0 Å². The first kappa shape index (κ1) is 24.0. The monoisotopic (exact) mass is 447 g/mol. The molecule has 2 N–H and O–H groups in total. The second-order valence-electron chi connectivity index (χ2n) is 7.00. The van der Waals surface area contributed by atoms with Crippen LogP contribution >= 0.6 is 0 Å². The van der Waals surface area contributed by atoms with Crippen LogP contribution in [0.15, 0.2) is 59.5 Å². The van der Waals surface area contributed by atoms with Gasteiger partial charge in [-0.15, -0.1) is 0 Å². The van der Waals surface area contributed by atoms with Gasteiger partial charge in [0.05, 0.1) is 10.5 Å². The Morgan fingerprint density at radius 1 is 0.968 bits per heavy atom. The molecule has 0 aliphatic heterocycles. The van der Waals surface area contributed by atoms with Gasteiger partial charge in [0.15, 0.2) is 6.10 Å². The van der Waals surface area contributed by atoms with E-state index in [1.807, 2.05) is 0 Å². The number of esters is 1. The largest absolute Gasteiger partial charge is 0.449 e. The predicted molar refractivity (Wildman–Crippen MR) is 115 cm³/mol. The molecule has 1 unspecified atom stereocenters. The molecule has 0 saturated heterocycles. The second-order valence-corrected chi connectivity index (χ2v) is 9.00. The highest BCUT2D eigenvalue weighted by atomic mass is 32.2. The van der Waals surface area contributed by atoms with E-state index in [0.717, 1.165) is 0 Å². The van der Waals surface area contributed by atoms with E-state index >= 15 is 0 Å². The van der Waals surface area contributed by atoms with Crippen LogP contribution in [0.25, 0.3) is 0 Å². The van der Waals surface area contributed by atoms with Gasteiger partial charge in [-0.25, -0.2) is 18.0 Å². The number of nitrogens with zero attached hydrogens (tertiary/aromatic N) is 1. The highest BCUT2D eigenvalue weighted by Gasteiger charge is 2.25. The lowest BCUT2D eigenvalue weighted by atomic mass is 10.2. The minimum Gasteiger partial charge on any atom is -0.449 e. The molecule has 0 radical (unpaired) electrons. The van der Waals surface area contributed by atoms with E-state index in [9.17, 15) is 22.8 Å². The Morgan fingerprint density at radius 2 is 1.61 bits per heavy atom. The van der Waals surface area contributed by atoms with Gasteiger partial charge < -0.3 is 10.1 Å². The molecule has 3 amide bonds. The fourth-order valence-corrected chi connectivity index (χ4v) is 3.82. The van der Waals surface area contributed by atoms with E-state index < -0.39 is 34.0 Å². The second kappa shape index (κ2) is 10.2. The normalized spacial score (nSPS) is 12.3. The number of benzene rings is 2. The topological polar surface area (TPSA) is 122 Å². The average molecular weight is 448 g/mol. The van der Waals surface area contributed by atoms with Crippen LogP contribution in [0.3, 0.4) is 0 Å². The molecule has 0 saturated carbocycles. The van der Waals surface area contributed by atoms with Crippen molar-refractivity contribution < 1.29 is 27.5 Å². The first-order valence-corrected chi connectivity index (χ1v) is 10.9. The van der Waals surface area contributed by atoms with Crippen molar-refractivity contribution in [3.63, 3.8) is 0 Å². The summed E-state index contributed by atoms with van der Waals surface area (Å²) < 4.78 is 31.5. The summed E-state index contributed by atoms with van der Waals surface area (Å²) in [6.45, 7) is 4.75. The number of carbonyl (C=O) groups excluding carboxylic acids is 3. The van der Waals surface area contributed by atoms with Gasteiger partial charge in [-0.05, 0) is 51.1 Å². The van der Waals surface area contributed by atoms with Crippen LogP contribution in [0.1, 0.15) is 31.1 Å². The van der Waals surface area contributed by atoms with E-state index in [0.29, 0.717) is 5.69 Å². The molecule has 0 aliphatic rings. The fourth-order valence-electron chi connectivity index (χ4n) is 2.41. The van der Waals surface area contributed by atoms with Crippen molar-refractivity contribution in [2.24, 2.45) is 0 Å². The molecule has 0 fully saturated rings. The molecular formula is C21H25N3O6S. The molecule has 0 bridgehead atoms. The quantitative estimate of drug-likeness (QED) is 0.629. The summed E-state index contributed by atoms with van der Waals surface area (Å²) in [6, 6.07) is 12.8. The van der Waals surface area contributed by atoms with Gasteiger partial charge in [0.1, 0.15) is 0 Å². The summed E-state index contributed by atoms with van der Waals surface area (Å²) in [5.41, 5.74) is 0.452. The van der Waals surface area contributed by atoms with Gasteiger partial charge in [-0.1, -0.05) is 24.3 Å². The molecule has 2 aromatic carbocycles. The maximum Gasteiger partial charge on any atom is 0.338 e. The average Bonchev–Trinajstić information content (AvgIpc) is 2.73. The number of para-hydroxylation sites is 1. The molecule has 0 aliphatic carbocycles. The van der Waals surface area contributed by atoms with E-state index in [1.165, 1.54) is 42.5 Å². The number of sulfonamides is 1. The third-order valence-corrected chi connectivity index (χ3v) is 6.42. The van der Waals surface area contributed by atoms with Crippen molar-refractivity contribution in [1.82, 2.24) is 9.62 Å². The first-order valence-electron chi connectivity index (χ1n) is 9.48. The molecule has 31 heavy (non-hydrogen) atoms. The minimum atomic E-state index is -3.79. The smallest absolute Gasteiger partial charge is 0.338 e. The summed E-state index contributed by atoms with van der Waals surface area (Å²) in [4.78, 5) is 36.4. The standard InChI is InChI=1S/C21H25N3O6S/c1-14(2)24(4)31(28,29)18-12-8-9-16(13-18)20(26)30-15(3)19(25)23-21(27)22-17-10-6-5-7-11-17/h5-15H,1-4H3,(H2,22,23,25,27). The van der Waals surface area contributed by atoms with Gasteiger partial charge in [0.2, 0.25) is 10.0 Å². The summed E-state index contributed by atoms with van der Waals surface area (Å²) >= 11 is 0. The number of urea groups is 1. The lowest BCUT2D eigenvalue weighted by Crippen LogP contribution is -2.41. The summed E-state index contributed by atoms with van der Waals surface area (Å²) in [5, 5.41) is 4.55. The Bertz CT molecular complexity index is 1050. The fraction of sp³-hybridized carbons (Fsp3) is 0.286. The minimum absolute atomic E-state index is 0.0355. The number of nitrogens with one attached hydrogen (secondary N) is 2. The van der Waals surface area contributed by atoms with Crippen LogP contribution in [0.4, 0.5) is 10.5 Å². The highest BCUT2D eigenvalue weighted by Crippen LogP contribution is 2.18. The van der Waals surface area contributed by atoms with Crippen LogP contribution in [0, 0.1) is 0 Å². The molecule has 9 nitrogen and oxygen atoms in total. The Morgan fingerprint density at radius 3 is 2.23 bits per heavy atom. The molecule has 2 aromatic rings. The Hall–Kier alpha value is -3.24. The third kappa shape index (κ3) is 6.37. The van der Waals surface area contributed by atoms with Crippen molar-refractivity contribution >= 4 is 33.6 Å². The number of ether oxygens (including phenoxy) is 1. The van der Waals surface area contributed by atoms with Gasteiger partial charge >= 0.3 is 12.0 Å². The van der Waals surface area contributed by atoms with E-state index in [4.69, 9.17) is 4.74 Å². The Kier molecular flexibility index (Phi) is 7.89. The van der Waals surface area contributed by atoms with Crippen LogP contribution in [0.2, 0.25) is 0 Å². The van der Waals surface area contributed by atoms with E-state index in [2.05, 4.69) is 10.6 Å². The van der Waals surface area contributed by atoms with E-state index in [-0.39, 0.29) is 16.5 Å². The number of carbonyl (C=O) groups is 3. The lowest BCUT2D eigenvalue weighted by Gasteiger charge is -2.21. The van der Waals surface area contributed by atoms with Crippen molar-refractivity contribution in [3.05, 3.63) is 60.2 Å². The summed E-state index contributed by atoms with van der Waals surface area (Å²) in [7, 11) is -2.35. The molecule has 2 rings (SSSR count). The maximum absolute atomic E-state index is 12.6. The van der Waals surface area contributed by atoms with Gasteiger partial charge in [0, 0.05) is 18.8 Å². The van der Waals surface area contributed by atoms with Gasteiger partial charge in [-0.2, -0.15) is 4.31 Å². The molecule has 0 spiro atoms. The molecular weight excluding hydrogens is 422 g/mol. The molecule has 0 heterocycles. The highest BCUT2D eigenvalue weighted by molar-refractivity contribution is 7.89. The molecule has 166 valence electrons. The number of hydrogen-bond donors (Lipinski definition) is 2. The number of amides is 3. The van der Waals surface area contributed by atoms with E-state index in [1.54, 1.807) is 44.2 Å². The van der Waals surface area contributed by atoms with Gasteiger partial charge in [0.25, 0.3) is 5.91 Å². The number of imide groups is 1. The zero-order chi connectivity index (χ0) is 23.2. The van der Waals surface area contributed by atoms with Gasteiger partial charge in [-0.3, -0.25) is 10.1 Å². The van der Waals surface area contributed by atoms with Crippen molar-refractivity contribution in [3.8, 4) is 0 Å². The number of rotatable bonds is 7. The predicted octanol–water partition coefficient (Wildman–Crippen LogP) is 2.61. The maximum atomic E-state index is 12.6. The van der Waals surface area contributed by atoms with Crippen molar-refractivity contribution in [1.29, 1.82) is 0 Å². The number of anilines is 1. The zero-order valence-electron chi connectivity index (χ0n) is 17.7. The Labute approximate surface area is 181 Å². The van der Waals surface area contributed by atoms with Crippen molar-refractivity contribution in [2.75, 3.05) is 12.4 Å². The summed E-state index contributed by atoms with van der Waals surface area (Å²) in [5.74, 6) is -1.72. The number of hydrogen-bond acceptors (Lipinski definition) is 6. The lowest BCUT2D eigenvalue weighted by molar-refractivity contribution is -0.127. The summed E-state index contributed by atoms with van der Waals surface area (Å²) in [6.07, 6.45) is -1.28. The van der Waals surface area contributed by atoms with Crippen molar-refractivity contribution in [2.45, 2.75) is 37.8 Å². The van der Waals surface area contributed by atoms with Crippen LogP contribution < -0.4 is 10.6 Å². The third-order valence-electron chi connectivity index (χ3n) is 4.40. The zero-order valence-corrected chi connectivity index (χ0v) is 18.5. The molecule has 10 heteroatoms. The Balaban J connectivity index is 2.02.